The maximum absolute atomic E-state index is 13.2. The number of nitrogens with zero attached hydrogens (tertiary/aromatic N) is 4. The van der Waals surface area contributed by atoms with Crippen LogP contribution in [-0.2, 0) is 4.79 Å². The van der Waals surface area contributed by atoms with Crippen molar-refractivity contribution in [2.24, 2.45) is 0 Å². The van der Waals surface area contributed by atoms with E-state index in [4.69, 9.17) is 9.47 Å². The lowest BCUT2D eigenvalue weighted by molar-refractivity contribution is -0.129. The van der Waals surface area contributed by atoms with E-state index in [0.29, 0.717) is 19.0 Å². The van der Waals surface area contributed by atoms with Gasteiger partial charge in [-0.3, -0.25) is 9.36 Å². The van der Waals surface area contributed by atoms with Gasteiger partial charge in [-0.25, -0.2) is 0 Å². The smallest absolute Gasteiger partial charge is 0.233 e. The summed E-state index contributed by atoms with van der Waals surface area (Å²) in [5, 5.41) is 9.25. The molecule has 0 saturated carbocycles. The summed E-state index contributed by atoms with van der Waals surface area (Å²) in [6.45, 7) is 4.02. The second-order valence-electron chi connectivity index (χ2n) is 7.99. The quantitative estimate of drug-likeness (QED) is 0.543. The standard InChI is InChI=1S/C24H26N4O3S/c1-17-25-26-24(28(17)19-7-3-2-4-8-19)32-16-23(29)27-12-5-9-20(27)18-10-11-21-22(15-18)31-14-6-13-30-21/h2-4,7-8,10-11,15,20H,5-6,9,12-14,16H2,1H3. The van der Waals surface area contributed by atoms with Crippen molar-refractivity contribution >= 4 is 17.7 Å². The van der Waals surface area contributed by atoms with Gasteiger partial charge in [0.15, 0.2) is 16.7 Å². The van der Waals surface area contributed by atoms with Crippen LogP contribution in [0.3, 0.4) is 0 Å². The first-order chi connectivity index (χ1) is 15.7. The average molecular weight is 451 g/mol. The molecule has 0 radical (unpaired) electrons. The van der Waals surface area contributed by atoms with E-state index in [-0.39, 0.29) is 11.9 Å². The average Bonchev–Trinajstić information content (AvgIpc) is 3.38. The molecule has 3 heterocycles. The molecule has 2 aliphatic rings. The highest BCUT2D eigenvalue weighted by atomic mass is 32.2. The summed E-state index contributed by atoms with van der Waals surface area (Å²) >= 11 is 1.43. The number of carbonyl (C=O) groups is 1. The summed E-state index contributed by atoms with van der Waals surface area (Å²) < 4.78 is 13.6. The molecule has 2 aromatic carbocycles. The second-order valence-corrected chi connectivity index (χ2v) is 8.93. The van der Waals surface area contributed by atoms with Crippen molar-refractivity contribution < 1.29 is 14.3 Å². The molecule has 7 nitrogen and oxygen atoms in total. The SMILES string of the molecule is Cc1nnc(SCC(=O)N2CCCC2c2ccc3c(c2)OCCCO3)n1-c1ccccc1. The first-order valence-corrected chi connectivity index (χ1v) is 12.0. The van der Waals surface area contributed by atoms with Crippen LogP contribution >= 0.6 is 11.8 Å². The molecular formula is C24H26N4O3S. The Morgan fingerprint density at radius 1 is 1.06 bits per heavy atom. The van der Waals surface area contributed by atoms with Crippen molar-refractivity contribution in [3.8, 4) is 17.2 Å². The zero-order valence-electron chi connectivity index (χ0n) is 18.1. The van der Waals surface area contributed by atoms with Gasteiger partial charge in [0, 0.05) is 18.7 Å². The van der Waals surface area contributed by atoms with Gasteiger partial charge < -0.3 is 14.4 Å². The lowest BCUT2D eigenvalue weighted by Gasteiger charge is -2.25. The maximum Gasteiger partial charge on any atom is 0.233 e. The number of hydrogen-bond acceptors (Lipinski definition) is 6. The van der Waals surface area contributed by atoms with Crippen molar-refractivity contribution in [3.63, 3.8) is 0 Å². The summed E-state index contributed by atoms with van der Waals surface area (Å²) in [6.07, 6.45) is 2.83. The zero-order chi connectivity index (χ0) is 21.9. The first-order valence-electron chi connectivity index (χ1n) is 11.0. The van der Waals surface area contributed by atoms with Gasteiger partial charge in [-0.1, -0.05) is 36.0 Å². The van der Waals surface area contributed by atoms with Crippen molar-refractivity contribution in [2.75, 3.05) is 25.5 Å². The molecule has 1 amide bonds. The lowest BCUT2D eigenvalue weighted by atomic mass is 10.0. The largest absolute Gasteiger partial charge is 0.490 e. The molecule has 1 aromatic heterocycles. The fourth-order valence-corrected chi connectivity index (χ4v) is 5.20. The minimum absolute atomic E-state index is 0.0639. The van der Waals surface area contributed by atoms with Gasteiger partial charge in [0.1, 0.15) is 5.82 Å². The van der Waals surface area contributed by atoms with Gasteiger partial charge in [0.25, 0.3) is 0 Å². The predicted molar refractivity (Wildman–Crippen MR) is 123 cm³/mol. The number of fused-ring (bicyclic) bond motifs is 1. The third-order valence-corrected chi connectivity index (χ3v) is 6.78. The van der Waals surface area contributed by atoms with Gasteiger partial charge in [0.05, 0.1) is 25.0 Å². The summed E-state index contributed by atoms with van der Waals surface area (Å²) in [6, 6.07) is 16.1. The van der Waals surface area contributed by atoms with Crippen LogP contribution < -0.4 is 9.47 Å². The third kappa shape index (κ3) is 4.19. The number of para-hydroxylation sites is 1. The third-order valence-electron chi connectivity index (χ3n) is 5.86. The fourth-order valence-electron chi connectivity index (χ4n) is 4.32. The molecule has 1 saturated heterocycles. The number of likely N-dealkylation sites (tertiary alicyclic amines) is 1. The van der Waals surface area contributed by atoms with E-state index in [1.807, 2.05) is 58.9 Å². The summed E-state index contributed by atoms with van der Waals surface area (Å²) in [5.41, 5.74) is 2.10. The van der Waals surface area contributed by atoms with Gasteiger partial charge in [-0.05, 0) is 49.6 Å². The molecule has 3 aromatic rings. The van der Waals surface area contributed by atoms with Crippen LogP contribution in [0, 0.1) is 6.92 Å². The van der Waals surface area contributed by atoms with Gasteiger partial charge in [-0.15, -0.1) is 10.2 Å². The number of aryl methyl sites for hydroxylation is 1. The number of amides is 1. The first kappa shape index (κ1) is 20.9. The molecule has 5 rings (SSSR count). The Kier molecular flexibility index (Phi) is 6.03. The van der Waals surface area contributed by atoms with E-state index in [1.54, 1.807) is 0 Å². The van der Waals surface area contributed by atoms with E-state index in [9.17, 15) is 4.79 Å². The van der Waals surface area contributed by atoms with E-state index in [0.717, 1.165) is 59.5 Å². The van der Waals surface area contributed by atoms with Gasteiger partial charge in [0.2, 0.25) is 5.91 Å². The number of rotatable bonds is 5. The van der Waals surface area contributed by atoms with E-state index < -0.39 is 0 Å². The highest BCUT2D eigenvalue weighted by molar-refractivity contribution is 7.99. The Balaban J connectivity index is 1.30. The Labute approximate surface area is 191 Å². The van der Waals surface area contributed by atoms with Crippen LogP contribution in [0.5, 0.6) is 11.5 Å². The van der Waals surface area contributed by atoms with E-state index in [1.165, 1.54) is 11.8 Å². The van der Waals surface area contributed by atoms with Crippen LogP contribution in [-0.4, -0.2) is 51.1 Å². The number of hydrogen-bond donors (Lipinski definition) is 0. The van der Waals surface area contributed by atoms with E-state index >= 15 is 0 Å². The van der Waals surface area contributed by atoms with Gasteiger partial charge in [-0.2, -0.15) is 0 Å². The number of benzene rings is 2. The van der Waals surface area contributed by atoms with Crippen molar-refractivity contribution in [2.45, 2.75) is 37.4 Å². The topological polar surface area (TPSA) is 69.5 Å². The zero-order valence-corrected chi connectivity index (χ0v) is 18.9. The van der Waals surface area contributed by atoms with Crippen LogP contribution in [0.15, 0.2) is 53.7 Å². The molecule has 1 unspecified atom stereocenters. The van der Waals surface area contributed by atoms with Crippen molar-refractivity contribution in [3.05, 3.63) is 59.9 Å². The van der Waals surface area contributed by atoms with Crippen molar-refractivity contribution in [1.29, 1.82) is 0 Å². The van der Waals surface area contributed by atoms with Crippen molar-refractivity contribution in [1.82, 2.24) is 19.7 Å². The molecule has 2 aliphatic heterocycles. The summed E-state index contributed by atoms with van der Waals surface area (Å²) in [4.78, 5) is 15.2. The number of carbonyl (C=O) groups excluding carboxylic acids is 1. The Morgan fingerprint density at radius 3 is 2.72 bits per heavy atom. The van der Waals surface area contributed by atoms with Gasteiger partial charge >= 0.3 is 0 Å². The highest BCUT2D eigenvalue weighted by Crippen LogP contribution is 2.38. The molecule has 8 heteroatoms. The van der Waals surface area contributed by atoms with E-state index in [2.05, 4.69) is 16.3 Å². The minimum Gasteiger partial charge on any atom is -0.490 e. The molecule has 166 valence electrons. The van der Waals surface area contributed by atoms with Crippen LogP contribution in [0.4, 0.5) is 0 Å². The molecule has 0 spiro atoms. The minimum atomic E-state index is 0.0639. The summed E-state index contributed by atoms with van der Waals surface area (Å²) in [7, 11) is 0. The normalized spacial score (nSPS) is 17.9. The monoisotopic (exact) mass is 450 g/mol. The Morgan fingerprint density at radius 2 is 1.88 bits per heavy atom. The van der Waals surface area contributed by atoms with Crippen LogP contribution in [0.2, 0.25) is 0 Å². The summed E-state index contributed by atoms with van der Waals surface area (Å²) in [5.74, 6) is 2.81. The fraction of sp³-hybridized carbons (Fsp3) is 0.375. The van der Waals surface area contributed by atoms with Crippen LogP contribution in [0.1, 0.15) is 36.7 Å². The molecule has 0 bridgehead atoms. The number of aromatic nitrogens is 3. The number of ether oxygens (including phenoxy) is 2. The Hall–Kier alpha value is -3.00. The molecular weight excluding hydrogens is 424 g/mol. The Bertz CT molecular complexity index is 1100. The molecule has 1 atom stereocenters. The second kappa shape index (κ2) is 9.24. The molecule has 0 aliphatic carbocycles. The molecule has 32 heavy (non-hydrogen) atoms. The van der Waals surface area contributed by atoms with Crippen LogP contribution in [0.25, 0.3) is 5.69 Å². The molecule has 0 N–H and O–H groups in total. The number of thioether (sulfide) groups is 1. The highest BCUT2D eigenvalue weighted by Gasteiger charge is 2.31. The molecule has 1 fully saturated rings. The lowest BCUT2D eigenvalue weighted by Crippen LogP contribution is -2.32. The maximum atomic E-state index is 13.2. The predicted octanol–water partition coefficient (Wildman–Crippen LogP) is 4.19.